The Hall–Kier alpha value is -2.42. The maximum absolute atomic E-state index is 6.67. The molecule has 9 heteroatoms. The molecule has 1 aromatic carbocycles. The molecular weight excluding hydrogens is 416 g/mol. The number of methoxy groups -OCH3 is 1. The van der Waals surface area contributed by atoms with Gasteiger partial charge in [0.25, 0.3) is 0 Å². The molecule has 31 heavy (non-hydrogen) atoms. The summed E-state index contributed by atoms with van der Waals surface area (Å²) in [5.41, 5.74) is 2.18. The number of benzene rings is 1. The summed E-state index contributed by atoms with van der Waals surface area (Å²) in [6, 6.07) is 6.90. The third-order valence-corrected chi connectivity index (χ3v) is 7.07. The molecule has 1 N–H and O–H groups in total. The smallest absolute Gasteiger partial charge is 0.320 e. The van der Waals surface area contributed by atoms with E-state index in [0.29, 0.717) is 23.8 Å². The fourth-order valence-corrected chi connectivity index (χ4v) is 5.45. The second-order valence-electron chi connectivity index (χ2n) is 8.58. The van der Waals surface area contributed by atoms with Crippen molar-refractivity contribution in [2.75, 3.05) is 38.3 Å². The molecule has 3 saturated heterocycles. The molecule has 0 spiro atoms. The first-order valence-electron chi connectivity index (χ1n) is 10.9. The van der Waals surface area contributed by atoms with E-state index in [9.17, 15) is 0 Å². The minimum absolute atomic E-state index is 0.287. The van der Waals surface area contributed by atoms with Crippen molar-refractivity contribution in [3.8, 4) is 11.8 Å². The molecule has 0 radical (unpaired) electrons. The van der Waals surface area contributed by atoms with Crippen molar-refractivity contribution in [2.24, 2.45) is 0 Å². The Kier molecular flexibility index (Phi) is 4.74. The molecule has 2 aromatic heterocycles. The molecule has 2 bridgehead atoms. The molecule has 2 unspecified atom stereocenters. The van der Waals surface area contributed by atoms with E-state index in [2.05, 4.69) is 31.3 Å². The number of hydrogen-bond donors (Lipinski definition) is 1. The van der Waals surface area contributed by atoms with Crippen molar-refractivity contribution >= 4 is 28.3 Å². The van der Waals surface area contributed by atoms with Crippen molar-refractivity contribution in [3.05, 3.63) is 35.0 Å². The average molecular weight is 441 g/mol. The number of nitrogens with zero attached hydrogens (tertiary/aromatic N) is 5. The lowest BCUT2D eigenvalue weighted by atomic mass is 9.90. The molecule has 0 aliphatic carbocycles. The molecule has 0 saturated carbocycles. The number of fused-ring (bicyclic) bond motifs is 3. The lowest BCUT2D eigenvalue weighted by molar-refractivity contribution is 0.0988. The fourth-order valence-electron chi connectivity index (χ4n) is 5.12. The van der Waals surface area contributed by atoms with Gasteiger partial charge in [-0.1, -0.05) is 11.6 Å². The first-order chi connectivity index (χ1) is 15.2. The first kappa shape index (κ1) is 19.3. The third kappa shape index (κ3) is 3.33. The highest BCUT2D eigenvalue weighted by molar-refractivity contribution is 6.32. The summed E-state index contributed by atoms with van der Waals surface area (Å²) in [4.78, 5) is 11.5. The maximum Gasteiger partial charge on any atom is 0.320 e. The van der Waals surface area contributed by atoms with Gasteiger partial charge in [0.1, 0.15) is 5.82 Å². The number of piperidine rings is 1. The van der Waals surface area contributed by atoms with E-state index in [-0.39, 0.29) is 6.10 Å². The van der Waals surface area contributed by atoms with E-state index in [1.54, 1.807) is 7.11 Å². The van der Waals surface area contributed by atoms with Crippen molar-refractivity contribution in [2.45, 2.75) is 37.3 Å². The number of ether oxygens (including phenoxy) is 2. The minimum atomic E-state index is 0.287. The van der Waals surface area contributed by atoms with Crippen LogP contribution < -0.4 is 15.0 Å². The summed E-state index contributed by atoms with van der Waals surface area (Å²) in [6.45, 7) is 3.63. The van der Waals surface area contributed by atoms with Gasteiger partial charge in [0, 0.05) is 23.0 Å². The van der Waals surface area contributed by atoms with Crippen LogP contribution in [0.5, 0.6) is 6.01 Å². The Morgan fingerprint density at radius 1 is 1.16 bits per heavy atom. The fraction of sp³-hybridized carbons (Fsp3) is 0.500. The van der Waals surface area contributed by atoms with Crippen LogP contribution in [0.4, 0.5) is 5.82 Å². The van der Waals surface area contributed by atoms with E-state index >= 15 is 0 Å². The van der Waals surface area contributed by atoms with Crippen LogP contribution in [0.15, 0.2) is 24.4 Å². The monoisotopic (exact) mass is 440 g/mol. The zero-order chi connectivity index (χ0) is 20.9. The van der Waals surface area contributed by atoms with Crippen LogP contribution >= 0.6 is 11.6 Å². The summed E-state index contributed by atoms with van der Waals surface area (Å²) in [5.74, 6) is 2.00. The number of morpholine rings is 1. The predicted octanol–water partition coefficient (Wildman–Crippen LogP) is 2.92. The summed E-state index contributed by atoms with van der Waals surface area (Å²) in [7, 11) is 1.60. The highest BCUT2D eigenvalue weighted by Gasteiger charge is 2.40. The molecule has 0 amide bonds. The molecule has 6 rings (SSSR count). The van der Waals surface area contributed by atoms with Gasteiger partial charge in [-0.15, -0.1) is 0 Å². The molecule has 3 fully saturated rings. The zero-order valence-corrected chi connectivity index (χ0v) is 18.2. The summed E-state index contributed by atoms with van der Waals surface area (Å²) in [6.07, 6.45) is 5.35. The summed E-state index contributed by atoms with van der Waals surface area (Å²) < 4.78 is 13.1. The molecule has 3 aliphatic rings. The number of hydrogen-bond acceptors (Lipinski definition) is 7. The van der Waals surface area contributed by atoms with E-state index < -0.39 is 0 Å². The van der Waals surface area contributed by atoms with Crippen molar-refractivity contribution < 1.29 is 9.47 Å². The zero-order valence-electron chi connectivity index (χ0n) is 17.4. The molecular formula is C22H25ClN6O2. The van der Waals surface area contributed by atoms with Crippen LogP contribution in [-0.4, -0.2) is 65.2 Å². The second-order valence-corrected chi connectivity index (χ2v) is 8.99. The highest BCUT2D eigenvalue weighted by Crippen LogP contribution is 2.36. The van der Waals surface area contributed by atoms with Crippen molar-refractivity contribution in [1.29, 1.82) is 0 Å². The van der Waals surface area contributed by atoms with Crippen LogP contribution in [0.3, 0.4) is 0 Å². The molecule has 5 heterocycles. The minimum Gasteiger partial charge on any atom is -0.467 e. The number of rotatable bonds is 4. The molecule has 3 aliphatic heterocycles. The van der Waals surface area contributed by atoms with E-state index in [0.717, 1.165) is 67.2 Å². The molecule has 162 valence electrons. The Bertz CT molecular complexity index is 1130. The van der Waals surface area contributed by atoms with E-state index in [1.807, 2.05) is 23.0 Å². The Balaban J connectivity index is 1.43. The second kappa shape index (κ2) is 7.62. The Labute approximate surface area is 185 Å². The largest absolute Gasteiger partial charge is 0.467 e. The van der Waals surface area contributed by atoms with Gasteiger partial charge in [0.05, 0.1) is 37.6 Å². The SMILES string of the molecule is COc1nc(N2CC3CC2CO3)cc(-n2ncc3cc(Cl)c(C4CCNCC4)cc32)n1. The molecule has 8 nitrogen and oxygen atoms in total. The van der Waals surface area contributed by atoms with Crippen LogP contribution in [-0.2, 0) is 4.74 Å². The number of nitrogens with one attached hydrogen (secondary N) is 1. The van der Waals surface area contributed by atoms with Gasteiger partial charge < -0.3 is 19.7 Å². The maximum atomic E-state index is 6.67. The molecule has 3 aromatic rings. The Morgan fingerprint density at radius 3 is 2.74 bits per heavy atom. The first-order valence-corrected chi connectivity index (χ1v) is 11.3. The standard InChI is InChI=1S/C22H25ClN6O2/c1-30-22-26-20(28-11-16-7-15(28)12-31-16)9-21(27-22)29-19-8-17(13-2-4-24-5-3-13)18(23)6-14(19)10-25-29/h6,8-10,13,15-16,24H,2-5,7,11-12H2,1H3. The predicted molar refractivity (Wildman–Crippen MR) is 119 cm³/mol. The van der Waals surface area contributed by atoms with Crippen molar-refractivity contribution in [3.63, 3.8) is 0 Å². The normalized spacial score (nSPS) is 23.7. The van der Waals surface area contributed by atoms with Gasteiger partial charge in [-0.3, -0.25) is 0 Å². The number of anilines is 1. The highest BCUT2D eigenvalue weighted by atomic mass is 35.5. The van der Waals surface area contributed by atoms with Crippen LogP contribution in [0.1, 0.15) is 30.7 Å². The lowest BCUT2D eigenvalue weighted by Crippen LogP contribution is -2.37. The number of halogens is 1. The quantitative estimate of drug-likeness (QED) is 0.668. The van der Waals surface area contributed by atoms with E-state index in [4.69, 9.17) is 21.1 Å². The van der Waals surface area contributed by atoms with Gasteiger partial charge in [-0.2, -0.15) is 15.1 Å². The Morgan fingerprint density at radius 2 is 2.00 bits per heavy atom. The van der Waals surface area contributed by atoms with Gasteiger partial charge in [-0.05, 0) is 56.0 Å². The third-order valence-electron chi connectivity index (χ3n) is 6.74. The summed E-state index contributed by atoms with van der Waals surface area (Å²) in [5, 5.41) is 9.87. The van der Waals surface area contributed by atoms with Gasteiger partial charge in [-0.25, -0.2) is 4.68 Å². The van der Waals surface area contributed by atoms with E-state index in [1.165, 1.54) is 5.56 Å². The lowest BCUT2D eigenvalue weighted by Gasteiger charge is -2.28. The number of aromatic nitrogens is 4. The van der Waals surface area contributed by atoms with Crippen LogP contribution in [0.2, 0.25) is 5.02 Å². The topological polar surface area (TPSA) is 77.3 Å². The van der Waals surface area contributed by atoms with Crippen molar-refractivity contribution in [1.82, 2.24) is 25.1 Å². The van der Waals surface area contributed by atoms with Crippen LogP contribution in [0.25, 0.3) is 16.7 Å². The van der Waals surface area contributed by atoms with Gasteiger partial charge in [0.15, 0.2) is 5.82 Å². The molecule has 2 atom stereocenters. The average Bonchev–Trinajstić information content (AvgIpc) is 3.54. The summed E-state index contributed by atoms with van der Waals surface area (Å²) >= 11 is 6.67. The van der Waals surface area contributed by atoms with Gasteiger partial charge >= 0.3 is 6.01 Å². The van der Waals surface area contributed by atoms with Crippen LogP contribution in [0, 0.1) is 0 Å². The van der Waals surface area contributed by atoms with Gasteiger partial charge in [0.2, 0.25) is 0 Å².